The van der Waals surface area contributed by atoms with Crippen LogP contribution in [0.4, 0.5) is 5.69 Å². The van der Waals surface area contributed by atoms with Crippen molar-refractivity contribution in [3.63, 3.8) is 0 Å². The number of pyridine rings is 1. The van der Waals surface area contributed by atoms with E-state index in [1.54, 1.807) is 11.3 Å². The summed E-state index contributed by atoms with van der Waals surface area (Å²) >= 11 is 1.60. The molecule has 0 unspecified atom stereocenters. The van der Waals surface area contributed by atoms with E-state index in [4.69, 9.17) is 0 Å². The smallest absolute Gasteiger partial charge is 0.228 e. The molecule has 0 aliphatic carbocycles. The van der Waals surface area contributed by atoms with Crippen LogP contribution in [0.3, 0.4) is 0 Å². The van der Waals surface area contributed by atoms with Crippen LogP contribution in [0.15, 0.2) is 71.7 Å². The summed E-state index contributed by atoms with van der Waals surface area (Å²) in [5.41, 5.74) is 4.45. The third-order valence-corrected chi connectivity index (χ3v) is 4.52. The first-order valence-electron chi connectivity index (χ1n) is 7.64. The van der Waals surface area contributed by atoms with Crippen molar-refractivity contribution in [1.82, 2.24) is 9.38 Å². The Morgan fingerprint density at radius 1 is 1.12 bits per heavy atom. The fourth-order valence-corrected chi connectivity index (χ4v) is 3.32. The van der Waals surface area contributed by atoms with Gasteiger partial charge in [-0.15, -0.1) is 0 Å². The summed E-state index contributed by atoms with van der Waals surface area (Å²) < 4.78 is 1.97. The molecule has 0 aliphatic heterocycles. The van der Waals surface area contributed by atoms with Gasteiger partial charge in [-0.05, 0) is 40.6 Å². The first kappa shape index (κ1) is 14.7. The third kappa shape index (κ3) is 2.94. The molecular formula is C19H15N3OS. The van der Waals surface area contributed by atoms with Gasteiger partial charge in [0.05, 0.1) is 17.8 Å². The summed E-state index contributed by atoms with van der Waals surface area (Å²) in [4.78, 5) is 16.9. The number of aromatic nitrogens is 2. The number of rotatable bonds is 4. The van der Waals surface area contributed by atoms with Crippen LogP contribution in [0, 0.1) is 0 Å². The van der Waals surface area contributed by atoms with E-state index in [1.807, 2.05) is 76.1 Å². The Morgan fingerprint density at radius 2 is 2.00 bits per heavy atom. The maximum Gasteiger partial charge on any atom is 0.228 e. The Hall–Kier alpha value is -2.92. The van der Waals surface area contributed by atoms with Crippen molar-refractivity contribution in [2.45, 2.75) is 6.42 Å². The number of carbonyl (C=O) groups is 1. The monoisotopic (exact) mass is 333 g/mol. The van der Waals surface area contributed by atoms with Crippen molar-refractivity contribution in [3.8, 4) is 11.3 Å². The van der Waals surface area contributed by atoms with E-state index in [1.165, 1.54) is 0 Å². The summed E-state index contributed by atoms with van der Waals surface area (Å²) in [6, 6.07) is 15.6. The lowest BCUT2D eigenvalue weighted by atomic mass is 10.1. The lowest BCUT2D eigenvalue weighted by Gasteiger charge is -2.09. The second-order valence-corrected chi connectivity index (χ2v) is 6.27. The molecule has 1 N–H and O–H groups in total. The fourth-order valence-electron chi connectivity index (χ4n) is 2.65. The van der Waals surface area contributed by atoms with Gasteiger partial charge in [0.25, 0.3) is 0 Å². The quantitative estimate of drug-likeness (QED) is 0.607. The number of imidazole rings is 1. The van der Waals surface area contributed by atoms with Crippen LogP contribution in [-0.2, 0) is 11.2 Å². The number of amides is 1. The number of thiophene rings is 1. The van der Waals surface area contributed by atoms with Crippen molar-refractivity contribution in [2.24, 2.45) is 0 Å². The second-order valence-electron chi connectivity index (χ2n) is 5.49. The fraction of sp³-hybridized carbons (Fsp3) is 0.0526. The van der Waals surface area contributed by atoms with Crippen LogP contribution in [0.1, 0.15) is 5.56 Å². The van der Waals surface area contributed by atoms with Gasteiger partial charge in [0, 0.05) is 18.0 Å². The highest BCUT2D eigenvalue weighted by Crippen LogP contribution is 2.27. The highest BCUT2D eigenvalue weighted by Gasteiger charge is 2.11. The minimum atomic E-state index is -0.0235. The van der Waals surface area contributed by atoms with Crippen molar-refractivity contribution in [3.05, 3.63) is 77.2 Å². The van der Waals surface area contributed by atoms with Crippen LogP contribution >= 0.6 is 11.3 Å². The standard InChI is InChI=1S/C19H15N3OS/c23-19(11-14-8-10-24-13-14)21-16-6-2-1-5-15(16)17-12-22-9-4-3-7-18(22)20-17/h1-10,12-13H,11H2,(H,21,23). The molecule has 3 heterocycles. The Balaban J connectivity index is 1.63. The summed E-state index contributed by atoms with van der Waals surface area (Å²) in [5, 5.41) is 6.98. The molecule has 4 aromatic rings. The molecule has 1 aromatic carbocycles. The predicted molar refractivity (Wildman–Crippen MR) is 97.3 cm³/mol. The first-order valence-corrected chi connectivity index (χ1v) is 8.58. The molecule has 24 heavy (non-hydrogen) atoms. The van der Waals surface area contributed by atoms with Crippen molar-refractivity contribution in [2.75, 3.05) is 5.32 Å². The predicted octanol–water partition coefficient (Wildman–Crippen LogP) is 4.24. The zero-order valence-electron chi connectivity index (χ0n) is 12.8. The Bertz CT molecular complexity index is 956. The normalized spacial score (nSPS) is 10.8. The average Bonchev–Trinajstić information content (AvgIpc) is 3.24. The van der Waals surface area contributed by atoms with Gasteiger partial charge in [-0.2, -0.15) is 11.3 Å². The number of carbonyl (C=O) groups excluding carboxylic acids is 1. The Kier molecular flexibility index (Phi) is 3.84. The summed E-state index contributed by atoms with van der Waals surface area (Å²) in [6.45, 7) is 0. The van der Waals surface area contributed by atoms with Crippen LogP contribution in [0.25, 0.3) is 16.9 Å². The number of nitrogens with zero attached hydrogens (tertiary/aromatic N) is 2. The van der Waals surface area contributed by atoms with Gasteiger partial charge in [0.2, 0.25) is 5.91 Å². The molecule has 0 fully saturated rings. The zero-order valence-corrected chi connectivity index (χ0v) is 13.7. The highest BCUT2D eigenvalue weighted by atomic mass is 32.1. The van der Waals surface area contributed by atoms with E-state index in [0.29, 0.717) is 6.42 Å². The summed E-state index contributed by atoms with van der Waals surface area (Å²) in [7, 11) is 0. The molecule has 0 aliphatic rings. The molecule has 0 spiro atoms. The molecule has 1 amide bonds. The van der Waals surface area contributed by atoms with Crippen LogP contribution in [-0.4, -0.2) is 15.3 Å². The van der Waals surface area contributed by atoms with Gasteiger partial charge in [-0.1, -0.05) is 24.3 Å². The van der Waals surface area contributed by atoms with E-state index in [2.05, 4.69) is 10.3 Å². The number of hydrogen-bond donors (Lipinski definition) is 1. The Labute approximate surface area is 143 Å². The van der Waals surface area contributed by atoms with Crippen molar-refractivity contribution in [1.29, 1.82) is 0 Å². The highest BCUT2D eigenvalue weighted by molar-refractivity contribution is 7.08. The molecule has 0 atom stereocenters. The van der Waals surface area contributed by atoms with Gasteiger partial charge < -0.3 is 9.72 Å². The minimum Gasteiger partial charge on any atom is -0.325 e. The topological polar surface area (TPSA) is 46.4 Å². The minimum absolute atomic E-state index is 0.0235. The van der Waals surface area contributed by atoms with Gasteiger partial charge in [0.15, 0.2) is 0 Å². The molecule has 0 radical (unpaired) electrons. The molecule has 118 valence electrons. The van der Waals surface area contributed by atoms with Crippen LogP contribution in [0.5, 0.6) is 0 Å². The maximum absolute atomic E-state index is 12.3. The SMILES string of the molecule is O=C(Cc1ccsc1)Nc1ccccc1-c1cn2ccccc2n1. The number of benzene rings is 1. The molecule has 5 heteroatoms. The number of hydrogen-bond acceptors (Lipinski definition) is 3. The molecular weight excluding hydrogens is 318 g/mol. The third-order valence-electron chi connectivity index (χ3n) is 3.79. The summed E-state index contributed by atoms with van der Waals surface area (Å²) in [6.07, 6.45) is 4.31. The molecule has 3 aromatic heterocycles. The summed E-state index contributed by atoms with van der Waals surface area (Å²) in [5.74, 6) is -0.0235. The molecule has 0 saturated carbocycles. The average molecular weight is 333 g/mol. The van der Waals surface area contributed by atoms with Crippen molar-refractivity contribution < 1.29 is 4.79 Å². The number of nitrogens with one attached hydrogen (secondary N) is 1. The molecule has 0 saturated heterocycles. The molecule has 4 nitrogen and oxygen atoms in total. The lowest BCUT2D eigenvalue weighted by Crippen LogP contribution is -2.14. The van der Waals surface area contributed by atoms with E-state index in [0.717, 1.165) is 28.2 Å². The number of fused-ring (bicyclic) bond motifs is 1. The maximum atomic E-state index is 12.3. The van der Waals surface area contributed by atoms with E-state index >= 15 is 0 Å². The van der Waals surface area contributed by atoms with Crippen LogP contribution < -0.4 is 5.32 Å². The van der Waals surface area contributed by atoms with Gasteiger partial charge in [-0.25, -0.2) is 4.98 Å². The largest absolute Gasteiger partial charge is 0.325 e. The van der Waals surface area contributed by atoms with E-state index < -0.39 is 0 Å². The van der Waals surface area contributed by atoms with Gasteiger partial charge >= 0.3 is 0 Å². The lowest BCUT2D eigenvalue weighted by molar-refractivity contribution is -0.115. The number of para-hydroxylation sites is 1. The number of anilines is 1. The zero-order chi connectivity index (χ0) is 16.4. The van der Waals surface area contributed by atoms with Gasteiger partial charge in [0.1, 0.15) is 5.65 Å². The van der Waals surface area contributed by atoms with Crippen LogP contribution in [0.2, 0.25) is 0 Å². The molecule has 4 rings (SSSR count). The van der Waals surface area contributed by atoms with E-state index in [-0.39, 0.29) is 5.91 Å². The van der Waals surface area contributed by atoms with E-state index in [9.17, 15) is 4.79 Å². The second kappa shape index (κ2) is 6.29. The Morgan fingerprint density at radius 3 is 2.83 bits per heavy atom. The van der Waals surface area contributed by atoms with Crippen molar-refractivity contribution >= 4 is 28.6 Å². The molecule has 0 bridgehead atoms. The first-order chi connectivity index (χ1) is 11.8. The van der Waals surface area contributed by atoms with Gasteiger partial charge in [-0.3, -0.25) is 4.79 Å².